The van der Waals surface area contributed by atoms with Gasteiger partial charge in [0.25, 0.3) is 5.91 Å². The highest BCUT2D eigenvalue weighted by Gasteiger charge is 2.20. The number of nitrogens with zero attached hydrogens (tertiary/aromatic N) is 2. The monoisotopic (exact) mass is 279 g/mol. The zero-order chi connectivity index (χ0) is 15.3. The summed E-state index contributed by atoms with van der Waals surface area (Å²) in [6.07, 6.45) is 1.99. The van der Waals surface area contributed by atoms with Gasteiger partial charge in [-0.15, -0.1) is 0 Å². The topological polar surface area (TPSA) is 92.2 Å². The maximum atomic E-state index is 12.0. The predicted octanol–water partition coefficient (Wildman–Crippen LogP) is 1.57. The molecule has 0 saturated heterocycles. The van der Waals surface area contributed by atoms with Crippen molar-refractivity contribution in [1.82, 2.24) is 15.3 Å². The number of nitrogens with one attached hydrogen (secondary N) is 1. The highest BCUT2D eigenvalue weighted by atomic mass is 16.4. The van der Waals surface area contributed by atoms with Crippen molar-refractivity contribution in [3.8, 4) is 0 Å². The lowest BCUT2D eigenvalue weighted by atomic mass is 9.97. The van der Waals surface area contributed by atoms with Crippen LogP contribution in [0.2, 0.25) is 0 Å². The number of rotatable bonds is 6. The van der Waals surface area contributed by atoms with Gasteiger partial charge in [0.1, 0.15) is 5.82 Å². The van der Waals surface area contributed by atoms with Crippen LogP contribution in [0.1, 0.15) is 42.1 Å². The highest BCUT2D eigenvalue weighted by Crippen LogP contribution is 2.11. The lowest BCUT2D eigenvalue weighted by molar-refractivity contribution is -0.142. The Morgan fingerprint density at radius 2 is 2.00 bits per heavy atom. The number of carbonyl (C=O) groups is 2. The Kier molecular flexibility index (Phi) is 5.61. The third-order valence-corrected chi connectivity index (χ3v) is 2.96. The van der Waals surface area contributed by atoms with Gasteiger partial charge in [0.2, 0.25) is 0 Å². The van der Waals surface area contributed by atoms with E-state index in [1.54, 1.807) is 13.8 Å². The Bertz CT molecular complexity index is 500. The van der Waals surface area contributed by atoms with Gasteiger partial charge in [-0.1, -0.05) is 13.8 Å². The first-order valence-electron chi connectivity index (χ1n) is 6.62. The van der Waals surface area contributed by atoms with Crippen molar-refractivity contribution in [2.75, 3.05) is 6.54 Å². The largest absolute Gasteiger partial charge is 0.481 e. The van der Waals surface area contributed by atoms with Crippen LogP contribution in [0.3, 0.4) is 0 Å². The van der Waals surface area contributed by atoms with Crippen LogP contribution in [0, 0.1) is 25.7 Å². The average molecular weight is 279 g/mol. The van der Waals surface area contributed by atoms with Crippen molar-refractivity contribution in [3.05, 3.63) is 23.3 Å². The number of carbonyl (C=O) groups excluding carboxylic acids is 1. The molecule has 0 bridgehead atoms. The van der Waals surface area contributed by atoms with Crippen LogP contribution in [0.25, 0.3) is 0 Å². The molecule has 0 aliphatic heterocycles. The van der Waals surface area contributed by atoms with Gasteiger partial charge >= 0.3 is 5.97 Å². The molecule has 0 aliphatic rings. The lowest BCUT2D eigenvalue weighted by Crippen LogP contribution is -2.34. The molecule has 1 aromatic heterocycles. The fourth-order valence-corrected chi connectivity index (χ4v) is 1.96. The molecule has 1 atom stereocenters. The summed E-state index contributed by atoms with van der Waals surface area (Å²) in [5.74, 6) is -0.946. The van der Waals surface area contributed by atoms with Gasteiger partial charge in [0.05, 0.1) is 17.2 Å². The molecule has 110 valence electrons. The van der Waals surface area contributed by atoms with Crippen molar-refractivity contribution in [2.45, 2.75) is 34.1 Å². The molecule has 0 aliphatic carbocycles. The van der Waals surface area contributed by atoms with Crippen LogP contribution in [0.4, 0.5) is 0 Å². The number of amides is 1. The van der Waals surface area contributed by atoms with Crippen LogP contribution in [0.5, 0.6) is 0 Å². The lowest BCUT2D eigenvalue weighted by Gasteiger charge is -2.15. The smallest absolute Gasteiger partial charge is 0.308 e. The molecule has 0 aromatic carbocycles. The Balaban J connectivity index is 2.68. The number of hydrogen-bond acceptors (Lipinski definition) is 4. The first-order chi connectivity index (χ1) is 9.31. The van der Waals surface area contributed by atoms with Crippen LogP contribution in [-0.4, -0.2) is 33.5 Å². The van der Waals surface area contributed by atoms with E-state index in [1.807, 2.05) is 13.8 Å². The zero-order valence-electron chi connectivity index (χ0n) is 12.3. The van der Waals surface area contributed by atoms with Crippen molar-refractivity contribution in [2.24, 2.45) is 11.8 Å². The van der Waals surface area contributed by atoms with E-state index < -0.39 is 11.9 Å². The van der Waals surface area contributed by atoms with Crippen molar-refractivity contribution >= 4 is 11.9 Å². The second-order valence-corrected chi connectivity index (χ2v) is 5.29. The standard InChI is InChI=1S/C14H21N3O3/c1-8(2)5-11(14(19)20)6-16-13(18)12-7-15-10(4)17-9(12)3/h7-8,11H,5-6H2,1-4H3,(H,16,18)(H,19,20). The summed E-state index contributed by atoms with van der Waals surface area (Å²) in [5, 5.41) is 11.8. The van der Waals surface area contributed by atoms with Crippen molar-refractivity contribution in [3.63, 3.8) is 0 Å². The summed E-state index contributed by atoms with van der Waals surface area (Å²) in [6, 6.07) is 0. The van der Waals surface area contributed by atoms with Crippen molar-refractivity contribution < 1.29 is 14.7 Å². The Morgan fingerprint density at radius 1 is 1.35 bits per heavy atom. The molecule has 1 aromatic rings. The molecule has 6 nitrogen and oxygen atoms in total. The van der Waals surface area contributed by atoms with Gasteiger partial charge < -0.3 is 10.4 Å². The number of aryl methyl sites for hydroxylation is 2. The molecule has 1 amide bonds. The Morgan fingerprint density at radius 3 is 2.50 bits per heavy atom. The number of aliphatic carboxylic acids is 1. The highest BCUT2D eigenvalue weighted by molar-refractivity contribution is 5.95. The van der Waals surface area contributed by atoms with Crippen molar-refractivity contribution in [1.29, 1.82) is 0 Å². The molecule has 0 spiro atoms. The quantitative estimate of drug-likeness (QED) is 0.824. The Labute approximate surface area is 118 Å². The molecule has 6 heteroatoms. The maximum Gasteiger partial charge on any atom is 0.308 e. The van der Waals surface area contributed by atoms with E-state index in [2.05, 4.69) is 15.3 Å². The molecule has 0 saturated carbocycles. The summed E-state index contributed by atoms with van der Waals surface area (Å²) in [7, 11) is 0. The van der Waals surface area contributed by atoms with Gasteiger partial charge in [-0.2, -0.15) is 0 Å². The van der Waals surface area contributed by atoms with E-state index in [1.165, 1.54) is 6.20 Å². The third kappa shape index (κ3) is 4.60. The minimum Gasteiger partial charge on any atom is -0.481 e. The SMILES string of the molecule is Cc1ncc(C(=O)NCC(CC(C)C)C(=O)O)c(C)n1. The number of carboxylic acid groups (broad SMARTS) is 1. The van der Waals surface area contributed by atoms with Gasteiger partial charge in [-0.05, 0) is 26.2 Å². The molecule has 2 N–H and O–H groups in total. The minimum atomic E-state index is -0.893. The summed E-state index contributed by atoms with van der Waals surface area (Å²) < 4.78 is 0. The molecule has 1 heterocycles. The third-order valence-electron chi connectivity index (χ3n) is 2.96. The molecule has 1 unspecified atom stereocenters. The van der Waals surface area contributed by atoms with Crippen LogP contribution in [0.15, 0.2) is 6.20 Å². The summed E-state index contributed by atoms with van der Waals surface area (Å²) >= 11 is 0. The van der Waals surface area contributed by atoms with Crippen LogP contribution < -0.4 is 5.32 Å². The normalized spacial score (nSPS) is 12.2. The maximum absolute atomic E-state index is 12.0. The van der Waals surface area contributed by atoms with Crippen LogP contribution >= 0.6 is 0 Å². The number of carboxylic acids is 1. The average Bonchev–Trinajstić information content (AvgIpc) is 2.33. The van der Waals surface area contributed by atoms with Crippen LogP contribution in [-0.2, 0) is 4.79 Å². The van der Waals surface area contributed by atoms with Gasteiger partial charge in [0, 0.05) is 12.7 Å². The van der Waals surface area contributed by atoms with E-state index in [0.717, 1.165) is 0 Å². The van der Waals surface area contributed by atoms with E-state index in [4.69, 9.17) is 5.11 Å². The number of aromatic nitrogens is 2. The predicted molar refractivity (Wildman–Crippen MR) is 74.4 cm³/mol. The molecule has 0 radical (unpaired) electrons. The number of hydrogen-bond donors (Lipinski definition) is 2. The summed E-state index contributed by atoms with van der Waals surface area (Å²) in [5.41, 5.74) is 0.968. The Hall–Kier alpha value is -1.98. The van der Waals surface area contributed by atoms with E-state index in [-0.39, 0.29) is 18.4 Å². The second-order valence-electron chi connectivity index (χ2n) is 5.29. The van der Waals surface area contributed by atoms with Gasteiger partial charge in [-0.25, -0.2) is 9.97 Å². The second kappa shape index (κ2) is 6.98. The molecule has 1 rings (SSSR count). The molecular weight excluding hydrogens is 258 g/mol. The fraction of sp³-hybridized carbons (Fsp3) is 0.571. The van der Waals surface area contributed by atoms with E-state index >= 15 is 0 Å². The van der Waals surface area contributed by atoms with Gasteiger partial charge in [0.15, 0.2) is 0 Å². The molecule has 20 heavy (non-hydrogen) atoms. The summed E-state index contributed by atoms with van der Waals surface area (Å²) in [6.45, 7) is 7.50. The van der Waals surface area contributed by atoms with E-state index in [0.29, 0.717) is 23.5 Å². The summed E-state index contributed by atoms with van der Waals surface area (Å²) in [4.78, 5) is 31.2. The zero-order valence-corrected chi connectivity index (χ0v) is 12.3. The first-order valence-corrected chi connectivity index (χ1v) is 6.62. The fourth-order valence-electron chi connectivity index (χ4n) is 1.96. The molecule has 0 fully saturated rings. The first kappa shape index (κ1) is 16.1. The molecular formula is C14H21N3O3. The van der Waals surface area contributed by atoms with Gasteiger partial charge in [-0.3, -0.25) is 9.59 Å². The van der Waals surface area contributed by atoms with E-state index in [9.17, 15) is 9.59 Å². The minimum absolute atomic E-state index is 0.111.